The van der Waals surface area contributed by atoms with Crippen LogP contribution >= 0.6 is 0 Å². The van der Waals surface area contributed by atoms with E-state index < -0.39 is 12.2 Å². The Balaban J connectivity index is 2.05. The highest BCUT2D eigenvalue weighted by Crippen LogP contribution is 2.38. The molecule has 0 unspecified atom stereocenters. The van der Waals surface area contributed by atoms with Crippen molar-refractivity contribution in [2.24, 2.45) is 0 Å². The zero-order valence-corrected chi connectivity index (χ0v) is 8.12. The average molecular weight is 214 g/mol. The maximum atomic E-state index is 11.9. The van der Waals surface area contributed by atoms with Crippen molar-refractivity contribution in [3.8, 4) is 5.75 Å². The van der Waals surface area contributed by atoms with Gasteiger partial charge in [-0.25, -0.2) is 0 Å². The summed E-state index contributed by atoms with van der Waals surface area (Å²) in [5.74, 6) is 0.145. The normalized spacial score (nSPS) is 17.9. The topological polar surface area (TPSA) is 29.5 Å². The summed E-state index contributed by atoms with van der Waals surface area (Å²) >= 11 is 0. The summed E-state index contributed by atoms with van der Waals surface area (Å²) in [5.41, 5.74) is 0.219. The lowest BCUT2D eigenvalue weighted by molar-refractivity contribution is -0.0498. The third-order valence-electron chi connectivity index (χ3n) is 2.48. The zero-order chi connectivity index (χ0) is 10.9. The van der Waals surface area contributed by atoms with E-state index in [4.69, 9.17) is 0 Å². The molecule has 1 aliphatic carbocycles. The van der Waals surface area contributed by atoms with Crippen molar-refractivity contribution in [3.05, 3.63) is 29.8 Å². The molecule has 82 valence electrons. The summed E-state index contributed by atoms with van der Waals surface area (Å²) < 4.78 is 28.1. The first-order valence-corrected chi connectivity index (χ1v) is 4.84. The maximum Gasteiger partial charge on any atom is 0.387 e. The average Bonchev–Trinajstić information content (AvgIpc) is 2.82. The van der Waals surface area contributed by atoms with Crippen LogP contribution in [0.1, 0.15) is 18.4 Å². The van der Waals surface area contributed by atoms with Gasteiger partial charge in [0.2, 0.25) is 0 Å². The number of halogens is 2. The SMILES string of the molecule is OC1(Cc2cccc(OC(F)F)c2)CC1. The number of hydrogen-bond donors (Lipinski definition) is 1. The number of hydrogen-bond acceptors (Lipinski definition) is 2. The molecule has 1 aromatic carbocycles. The van der Waals surface area contributed by atoms with E-state index in [0.717, 1.165) is 18.4 Å². The van der Waals surface area contributed by atoms with Crippen molar-refractivity contribution in [1.29, 1.82) is 0 Å². The second-order valence-electron chi connectivity index (χ2n) is 3.93. The van der Waals surface area contributed by atoms with Crippen LogP contribution in [0.2, 0.25) is 0 Å². The molecule has 4 heteroatoms. The number of ether oxygens (including phenoxy) is 1. The molecule has 0 atom stereocenters. The highest BCUT2D eigenvalue weighted by Gasteiger charge is 2.40. The van der Waals surface area contributed by atoms with Gasteiger partial charge in [-0.05, 0) is 30.5 Å². The first kappa shape index (κ1) is 10.4. The van der Waals surface area contributed by atoms with Crippen molar-refractivity contribution in [2.45, 2.75) is 31.5 Å². The summed E-state index contributed by atoms with van der Waals surface area (Å²) in [6.07, 6.45) is 2.08. The fraction of sp³-hybridized carbons (Fsp3) is 0.455. The molecule has 1 aromatic rings. The van der Waals surface area contributed by atoms with E-state index in [1.165, 1.54) is 6.07 Å². The van der Waals surface area contributed by atoms with Gasteiger partial charge in [-0.2, -0.15) is 8.78 Å². The number of benzene rings is 1. The van der Waals surface area contributed by atoms with Gasteiger partial charge in [0.1, 0.15) is 5.75 Å². The standard InChI is InChI=1S/C11H12F2O2/c12-10(13)15-9-3-1-2-8(6-9)7-11(14)4-5-11/h1-3,6,10,14H,4-5,7H2. The fourth-order valence-corrected chi connectivity index (χ4v) is 1.53. The molecule has 2 nitrogen and oxygen atoms in total. The Morgan fingerprint density at radius 3 is 2.73 bits per heavy atom. The largest absolute Gasteiger partial charge is 0.435 e. The highest BCUT2D eigenvalue weighted by molar-refractivity contribution is 5.30. The van der Waals surface area contributed by atoms with Crippen molar-refractivity contribution < 1.29 is 18.6 Å². The van der Waals surface area contributed by atoms with Crippen molar-refractivity contribution in [2.75, 3.05) is 0 Å². The summed E-state index contributed by atoms with van der Waals surface area (Å²) in [4.78, 5) is 0. The highest BCUT2D eigenvalue weighted by atomic mass is 19.3. The molecule has 0 bridgehead atoms. The summed E-state index contributed by atoms with van der Waals surface area (Å²) in [6.45, 7) is -2.80. The molecule has 0 saturated heterocycles. The predicted molar refractivity (Wildman–Crippen MR) is 51.0 cm³/mol. The van der Waals surface area contributed by atoms with Gasteiger partial charge in [-0.1, -0.05) is 12.1 Å². The molecule has 0 radical (unpaired) electrons. The van der Waals surface area contributed by atoms with E-state index in [1.807, 2.05) is 0 Å². The second-order valence-corrected chi connectivity index (χ2v) is 3.93. The third kappa shape index (κ3) is 2.89. The monoisotopic (exact) mass is 214 g/mol. The Bertz CT molecular complexity index is 348. The minimum absolute atomic E-state index is 0.145. The van der Waals surface area contributed by atoms with E-state index in [1.54, 1.807) is 18.2 Å². The summed E-state index contributed by atoms with van der Waals surface area (Å²) in [6, 6.07) is 6.47. The minimum atomic E-state index is -2.80. The van der Waals surface area contributed by atoms with E-state index in [2.05, 4.69) is 4.74 Å². The minimum Gasteiger partial charge on any atom is -0.435 e. The van der Waals surface area contributed by atoms with Crippen LogP contribution in [0.3, 0.4) is 0 Å². The number of alkyl halides is 2. The Hall–Kier alpha value is -1.16. The van der Waals surface area contributed by atoms with Gasteiger partial charge in [0, 0.05) is 6.42 Å². The first-order chi connectivity index (χ1) is 7.07. The second kappa shape index (κ2) is 3.77. The van der Waals surface area contributed by atoms with Crippen molar-refractivity contribution >= 4 is 0 Å². The molecule has 0 amide bonds. The quantitative estimate of drug-likeness (QED) is 0.833. The number of aliphatic hydroxyl groups is 1. The molecule has 0 heterocycles. The lowest BCUT2D eigenvalue weighted by Crippen LogP contribution is -2.10. The van der Waals surface area contributed by atoms with Crippen LogP contribution in [0.5, 0.6) is 5.75 Å². The molecule has 2 rings (SSSR count). The lowest BCUT2D eigenvalue weighted by Gasteiger charge is -2.09. The van der Waals surface area contributed by atoms with Crippen LogP contribution in [0.4, 0.5) is 8.78 Å². The lowest BCUT2D eigenvalue weighted by atomic mass is 10.1. The van der Waals surface area contributed by atoms with E-state index in [0.29, 0.717) is 6.42 Å². The van der Waals surface area contributed by atoms with Crippen LogP contribution in [0.25, 0.3) is 0 Å². The molecule has 0 spiro atoms. The zero-order valence-electron chi connectivity index (χ0n) is 8.12. The predicted octanol–water partition coefficient (Wildman–Crippen LogP) is 2.36. The first-order valence-electron chi connectivity index (χ1n) is 4.84. The molecule has 1 fully saturated rings. The maximum absolute atomic E-state index is 11.9. The molecule has 1 aliphatic rings. The molecule has 0 aliphatic heterocycles. The molecular weight excluding hydrogens is 202 g/mol. The van der Waals surface area contributed by atoms with Gasteiger partial charge in [0.05, 0.1) is 5.60 Å². The summed E-state index contributed by atoms with van der Waals surface area (Å²) in [7, 11) is 0. The van der Waals surface area contributed by atoms with Crippen LogP contribution < -0.4 is 4.74 Å². The van der Waals surface area contributed by atoms with Crippen molar-refractivity contribution in [1.82, 2.24) is 0 Å². The van der Waals surface area contributed by atoms with E-state index in [-0.39, 0.29) is 5.75 Å². The summed E-state index contributed by atoms with van der Waals surface area (Å²) in [5, 5.41) is 9.67. The number of rotatable bonds is 4. The molecule has 0 aromatic heterocycles. The van der Waals surface area contributed by atoms with Crippen LogP contribution in [-0.4, -0.2) is 17.3 Å². The van der Waals surface area contributed by atoms with Gasteiger partial charge in [-0.15, -0.1) is 0 Å². The Morgan fingerprint density at radius 1 is 1.40 bits per heavy atom. The van der Waals surface area contributed by atoms with Gasteiger partial charge >= 0.3 is 6.61 Å². The fourth-order valence-electron chi connectivity index (χ4n) is 1.53. The van der Waals surface area contributed by atoms with Gasteiger partial charge in [0.15, 0.2) is 0 Å². The van der Waals surface area contributed by atoms with E-state index in [9.17, 15) is 13.9 Å². The van der Waals surface area contributed by atoms with Crippen LogP contribution in [-0.2, 0) is 6.42 Å². The third-order valence-corrected chi connectivity index (χ3v) is 2.48. The van der Waals surface area contributed by atoms with Crippen LogP contribution in [0, 0.1) is 0 Å². The molecular formula is C11H12F2O2. The Morgan fingerprint density at radius 2 is 2.13 bits per heavy atom. The van der Waals surface area contributed by atoms with E-state index >= 15 is 0 Å². The van der Waals surface area contributed by atoms with Gasteiger partial charge in [0.25, 0.3) is 0 Å². The van der Waals surface area contributed by atoms with Gasteiger partial charge in [-0.3, -0.25) is 0 Å². The molecule has 15 heavy (non-hydrogen) atoms. The van der Waals surface area contributed by atoms with Gasteiger partial charge < -0.3 is 9.84 Å². The molecule has 1 saturated carbocycles. The Kier molecular flexibility index (Phi) is 2.61. The molecule has 1 N–H and O–H groups in total. The smallest absolute Gasteiger partial charge is 0.387 e. The van der Waals surface area contributed by atoms with Crippen LogP contribution in [0.15, 0.2) is 24.3 Å². The Labute approximate surface area is 86.5 Å². The van der Waals surface area contributed by atoms with Crippen molar-refractivity contribution in [3.63, 3.8) is 0 Å².